The summed E-state index contributed by atoms with van der Waals surface area (Å²) in [4.78, 5) is 25.3. The molecule has 0 aliphatic rings. The Balaban J connectivity index is 2.58. The third-order valence-corrected chi connectivity index (χ3v) is 2.53. The van der Waals surface area contributed by atoms with Gasteiger partial charge in [0.15, 0.2) is 5.82 Å². The van der Waals surface area contributed by atoms with Crippen LogP contribution in [0.3, 0.4) is 0 Å². The van der Waals surface area contributed by atoms with Gasteiger partial charge in [0.2, 0.25) is 11.8 Å². The van der Waals surface area contributed by atoms with Gasteiger partial charge in [-0.1, -0.05) is 25.9 Å². The second-order valence-corrected chi connectivity index (χ2v) is 4.79. The van der Waals surface area contributed by atoms with E-state index in [1.54, 1.807) is 17.9 Å². The summed E-state index contributed by atoms with van der Waals surface area (Å²) >= 11 is 0. The first-order chi connectivity index (χ1) is 8.93. The molecule has 0 saturated heterocycles. The molecule has 1 aromatic rings. The third-order valence-electron chi connectivity index (χ3n) is 2.53. The van der Waals surface area contributed by atoms with Gasteiger partial charge < -0.3 is 14.7 Å². The molecule has 1 heterocycles. The van der Waals surface area contributed by atoms with Crippen molar-refractivity contribution in [1.29, 1.82) is 0 Å². The van der Waals surface area contributed by atoms with Gasteiger partial charge in [0.1, 0.15) is 5.76 Å². The highest BCUT2D eigenvalue weighted by Gasteiger charge is 2.19. The summed E-state index contributed by atoms with van der Waals surface area (Å²) in [5.41, 5.74) is 0. The van der Waals surface area contributed by atoms with E-state index in [-0.39, 0.29) is 24.3 Å². The Bertz CT molecular complexity index is 440. The molecule has 1 rings (SSSR count). The Labute approximate surface area is 113 Å². The predicted molar refractivity (Wildman–Crippen MR) is 71.6 cm³/mol. The normalized spacial score (nSPS) is 10.6. The second kappa shape index (κ2) is 6.92. The van der Waals surface area contributed by atoms with Crippen molar-refractivity contribution in [2.75, 3.05) is 18.4 Å². The number of nitrogens with zero attached hydrogens (tertiary/aromatic N) is 2. The van der Waals surface area contributed by atoms with Crippen molar-refractivity contribution >= 4 is 17.6 Å². The zero-order valence-electron chi connectivity index (χ0n) is 11.9. The van der Waals surface area contributed by atoms with Crippen molar-refractivity contribution in [3.05, 3.63) is 11.8 Å². The number of aryl methyl sites for hydroxylation is 1. The van der Waals surface area contributed by atoms with E-state index in [2.05, 4.69) is 10.5 Å². The van der Waals surface area contributed by atoms with Crippen LogP contribution >= 0.6 is 0 Å². The van der Waals surface area contributed by atoms with Crippen LogP contribution in [0.25, 0.3) is 0 Å². The Hall–Kier alpha value is -1.85. The lowest BCUT2D eigenvalue weighted by molar-refractivity contribution is -0.137. The molecule has 0 atom stereocenters. The van der Waals surface area contributed by atoms with Gasteiger partial charge in [-0.05, 0) is 13.3 Å². The monoisotopic (exact) mass is 267 g/mol. The SMILES string of the molecule is CCCN(CC(=O)Nc1cc(C)on1)C(=O)C(C)C. The van der Waals surface area contributed by atoms with E-state index >= 15 is 0 Å². The maximum atomic E-state index is 11.9. The van der Waals surface area contributed by atoms with Crippen molar-refractivity contribution < 1.29 is 14.1 Å². The van der Waals surface area contributed by atoms with E-state index in [0.29, 0.717) is 18.1 Å². The van der Waals surface area contributed by atoms with Gasteiger partial charge in [-0.25, -0.2) is 0 Å². The van der Waals surface area contributed by atoms with Gasteiger partial charge in [-0.15, -0.1) is 0 Å². The van der Waals surface area contributed by atoms with Crippen LogP contribution in [-0.4, -0.2) is 35.0 Å². The number of carbonyl (C=O) groups excluding carboxylic acids is 2. The van der Waals surface area contributed by atoms with Crippen LogP contribution < -0.4 is 5.32 Å². The number of rotatable bonds is 6. The number of amides is 2. The number of hydrogen-bond donors (Lipinski definition) is 1. The van der Waals surface area contributed by atoms with E-state index in [4.69, 9.17) is 4.52 Å². The highest BCUT2D eigenvalue weighted by atomic mass is 16.5. The molecular formula is C13H21N3O3. The fraction of sp³-hybridized carbons (Fsp3) is 0.615. The topological polar surface area (TPSA) is 75.4 Å². The average Bonchev–Trinajstić information content (AvgIpc) is 2.73. The van der Waals surface area contributed by atoms with Crippen LogP contribution in [0, 0.1) is 12.8 Å². The van der Waals surface area contributed by atoms with E-state index in [1.165, 1.54) is 0 Å². The summed E-state index contributed by atoms with van der Waals surface area (Å²) in [6, 6.07) is 1.63. The molecule has 2 amide bonds. The highest BCUT2D eigenvalue weighted by Crippen LogP contribution is 2.08. The van der Waals surface area contributed by atoms with Crippen LogP contribution in [-0.2, 0) is 9.59 Å². The standard InChI is InChI=1S/C13H21N3O3/c1-5-6-16(13(18)9(2)3)8-12(17)14-11-7-10(4)19-15-11/h7,9H,5-6,8H2,1-4H3,(H,14,15,17). The number of carbonyl (C=O) groups is 2. The van der Waals surface area contributed by atoms with E-state index < -0.39 is 0 Å². The number of anilines is 1. The van der Waals surface area contributed by atoms with Crippen LogP contribution in [0.1, 0.15) is 33.0 Å². The molecule has 0 aliphatic carbocycles. The smallest absolute Gasteiger partial charge is 0.245 e. The van der Waals surface area contributed by atoms with E-state index in [1.807, 2.05) is 20.8 Å². The van der Waals surface area contributed by atoms with Gasteiger partial charge in [0, 0.05) is 18.5 Å². The molecular weight excluding hydrogens is 246 g/mol. The van der Waals surface area contributed by atoms with Crippen molar-refractivity contribution in [1.82, 2.24) is 10.1 Å². The Kier molecular flexibility index (Phi) is 5.54. The van der Waals surface area contributed by atoms with Crippen molar-refractivity contribution in [3.8, 4) is 0 Å². The lowest BCUT2D eigenvalue weighted by atomic mass is 10.2. The van der Waals surface area contributed by atoms with Crippen LogP contribution in [0.2, 0.25) is 0 Å². The molecule has 0 aromatic carbocycles. The zero-order valence-corrected chi connectivity index (χ0v) is 11.9. The first kappa shape index (κ1) is 15.2. The molecule has 0 spiro atoms. The van der Waals surface area contributed by atoms with Gasteiger partial charge in [0.25, 0.3) is 0 Å². The molecule has 1 aromatic heterocycles. The van der Waals surface area contributed by atoms with Gasteiger partial charge in [-0.3, -0.25) is 9.59 Å². The minimum absolute atomic E-state index is 0.0201. The molecule has 0 bridgehead atoms. The highest BCUT2D eigenvalue weighted by molar-refractivity contribution is 5.94. The lowest BCUT2D eigenvalue weighted by Gasteiger charge is -2.23. The van der Waals surface area contributed by atoms with Gasteiger partial charge >= 0.3 is 0 Å². The van der Waals surface area contributed by atoms with Crippen molar-refractivity contribution in [2.24, 2.45) is 5.92 Å². The first-order valence-electron chi connectivity index (χ1n) is 6.46. The maximum absolute atomic E-state index is 11.9. The molecule has 0 aliphatic heterocycles. The van der Waals surface area contributed by atoms with Gasteiger partial charge in [0.05, 0.1) is 6.54 Å². The molecule has 6 heteroatoms. The Morgan fingerprint density at radius 2 is 2.16 bits per heavy atom. The second-order valence-electron chi connectivity index (χ2n) is 4.79. The van der Waals surface area contributed by atoms with E-state index in [9.17, 15) is 9.59 Å². The molecule has 0 radical (unpaired) electrons. The minimum Gasteiger partial charge on any atom is -0.360 e. The first-order valence-corrected chi connectivity index (χ1v) is 6.46. The fourth-order valence-electron chi connectivity index (χ4n) is 1.68. The summed E-state index contributed by atoms with van der Waals surface area (Å²) in [5, 5.41) is 6.29. The molecule has 106 valence electrons. The summed E-state index contributed by atoms with van der Waals surface area (Å²) < 4.78 is 4.86. The zero-order chi connectivity index (χ0) is 14.4. The number of nitrogens with one attached hydrogen (secondary N) is 1. The Morgan fingerprint density at radius 1 is 1.47 bits per heavy atom. The van der Waals surface area contributed by atoms with Crippen molar-refractivity contribution in [2.45, 2.75) is 34.1 Å². The summed E-state index contributed by atoms with van der Waals surface area (Å²) in [5.74, 6) is 0.590. The molecule has 0 unspecified atom stereocenters. The lowest BCUT2D eigenvalue weighted by Crippen LogP contribution is -2.40. The van der Waals surface area contributed by atoms with Crippen LogP contribution in [0.15, 0.2) is 10.6 Å². The largest absolute Gasteiger partial charge is 0.360 e. The molecule has 6 nitrogen and oxygen atoms in total. The number of hydrogen-bond acceptors (Lipinski definition) is 4. The van der Waals surface area contributed by atoms with Crippen LogP contribution in [0.5, 0.6) is 0 Å². The molecule has 0 saturated carbocycles. The molecule has 1 N–H and O–H groups in total. The minimum atomic E-state index is -0.268. The molecule has 19 heavy (non-hydrogen) atoms. The number of aromatic nitrogens is 1. The summed E-state index contributed by atoms with van der Waals surface area (Å²) in [6.45, 7) is 7.97. The Morgan fingerprint density at radius 3 is 2.63 bits per heavy atom. The van der Waals surface area contributed by atoms with Gasteiger partial charge in [-0.2, -0.15) is 0 Å². The average molecular weight is 267 g/mol. The third kappa shape index (κ3) is 4.73. The van der Waals surface area contributed by atoms with E-state index in [0.717, 1.165) is 6.42 Å². The summed E-state index contributed by atoms with van der Waals surface area (Å²) in [7, 11) is 0. The maximum Gasteiger partial charge on any atom is 0.245 e. The molecule has 0 fully saturated rings. The fourth-order valence-corrected chi connectivity index (χ4v) is 1.68. The van der Waals surface area contributed by atoms with Crippen molar-refractivity contribution in [3.63, 3.8) is 0 Å². The predicted octanol–water partition coefficient (Wildman–Crippen LogP) is 1.82. The quantitative estimate of drug-likeness (QED) is 0.853. The van der Waals surface area contributed by atoms with Crippen LogP contribution in [0.4, 0.5) is 5.82 Å². The summed E-state index contributed by atoms with van der Waals surface area (Å²) in [6.07, 6.45) is 0.814.